The first-order chi connectivity index (χ1) is 5.90. The van der Waals surface area contributed by atoms with Crippen LogP contribution in [0.1, 0.15) is 6.92 Å². The Morgan fingerprint density at radius 1 is 1.50 bits per heavy atom. The molecule has 0 aliphatic rings. The van der Waals surface area contributed by atoms with E-state index in [4.69, 9.17) is 9.15 Å². The van der Waals surface area contributed by atoms with E-state index in [0.717, 1.165) is 16.5 Å². The maximum absolute atomic E-state index is 5.32. The van der Waals surface area contributed by atoms with Crippen LogP contribution in [0.25, 0.3) is 10.8 Å². The average Bonchev–Trinajstić information content (AvgIpc) is 2.51. The number of furan rings is 1. The number of ether oxygens (including phenoxy) is 1. The molecule has 2 aromatic rings. The van der Waals surface area contributed by atoms with E-state index in [9.17, 15) is 0 Å². The summed E-state index contributed by atoms with van der Waals surface area (Å²) in [5, 5.41) is 2.01. The van der Waals surface area contributed by atoms with Crippen LogP contribution in [0.2, 0.25) is 0 Å². The topological polar surface area (TPSA) is 22.4 Å². The highest BCUT2D eigenvalue weighted by atomic mass is 16.5. The maximum Gasteiger partial charge on any atom is 0.177 e. The summed E-state index contributed by atoms with van der Waals surface area (Å²) >= 11 is 0. The van der Waals surface area contributed by atoms with Crippen molar-refractivity contribution in [2.75, 3.05) is 6.61 Å². The molecule has 1 aromatic heterocycles. The van der Waals surface area contributed by atoms with Gasteiger partial charge >= 0.3 is 0 Å². The van der Waals surface area contributed by atoms with Crippen molar-refractivity contribution in [1.82, 2.24) is 0 Å². The molecule has 0 aliphatic heterocycles. The molecule has 2 nitrogen and oxygen atoms in total. The molecule has 0 bridgehead atoms. The van der Waals surface area contributed by atoms with E-state index in [1.807, 2.05) is 25.1 Å². The van der Waals surface area contributed by atoms with E-state index >= 15 is 0 Å². The van der Waals surface area contributed by atoms with Gasteiger partial charge in [-0.2, -0.15) is 0 Å². The second-order valence-corrected chi connectivity index (χ2v) is 2.52. The molecule has 0 aliphatic carbocycles. The van der Waals surface area contributed by atoms with Gasteiger partial charge in [-0.15, -0.1) is 0 Å². The number of hydrogen-bond donors (Lipinski definition) is 0. The smallest absolute Gasteiger partial charge is 0.177 e. The van der Waals surface area contributed by atoms with Gasteiger partial charge in [0.05, 0.1) is 12.9 Å². The van der Waals surface area contributed by atoms with Gasteiger partial charge in [-0.25, -0.2) is 0 Å². The lowest BCUT2D eigenvalue weighted by molar-refractivity contribution is 0.340. The van der Waals surface area contributed by atoms with Crippen LogP contribution in [0.3, 0.4) is 0 Å². The van der Waals surface area contributed by atoms with Crippen LogP contribution in [-0.2, 0) is 0 Å². The predicted octanol–water partition coefficient (Wildman–Crippen LogP) is 2.63. The highest BCUT2D eigenvalue weighted by Crippen LogP contribution is 2.20. The van der Waals surface area contributed by atoms with Gasteiger partial charge in [0.25, 0.3) is 0 Å². The van der Waals surface area contributed by atoms with Crippen molar-refractivity contribution in [1.29, 1.82) is 0 Å². The Bertz CT molecular complexity index is 376. The van der Waals surface area contributed by atoms with Gasteiger partial charge in [0.1, 0.15) is 5.75 Å². The number of benzene rings is 1. The Morgan fingerprint density at radius 2 is 2.42 bits per heavy atom. The summed E-state index contributed by atoms with van der Waals surface area (Å²) in [5.41, 5.74) is 0. The Kier molecular flexibility index (Phi) is 1.74. The summed E-state index contributed by atoms with van der Waals surface area (Å²) in [6.07, 6.45) is 4.44. The second kappa shape index (κ2) is 2.89. The number of hydrogen-bond acceptors (Lipinski definition) is 2. The Labute approximate surface area is 70.8 Å². The Balaban J connectivity index is 2.46. The molecule has 0 saturated carbocycles. The molecule has 0 fully saturated rings. The van der Waals surface area contributed by atoms with Gasteiger partial charge in [0, 0.05) is 10.8 Å². The predicted molar refractivity (Wildman–Crippen MR) is 46.2 cm³/mol. The molecule has 2 rings (SSSR count). The summed E-state index contributed by atoms with van der Waals surface area (Å²) in [6.45, 7) is 2.65. The van der Waals surface area contributed by atoms with Crippen LogP contribution in [0.4, 0.5) is 0 Å². The van der Waals surface area contributed by atoms with Gasteiger partial charge in [0.15, 0.2) is 6.26 Å². The summed E-state index contributed by atoms with van der Waals surface area (Å²) in [7, 11) is 0. The fourth-order valence-corrected chi connectivity index (χ4v) is 1.14. The lowest BCUT2D eigenvalue weighted by Crippen LogP contribution is -1.89. The molecule has 1 radical (unpaired) electrons. The van der Waals surface area contributed by atoms with Gasteiger partial charge in [-0.1, -0.05) is 0 Å². The number of rotatable bonds is 2. The molecule has 61 valence electrons. The first-order valence-corrected chi connectivity index (χ1v) is 3.92. The average molecular weight is 161 g/mol. The van der Waals surface area contributed by atoms with Gasteiger partial charge in [-0.3, -0.25) is 0 Å². The summed E-state index contributed by atoms with van der Waals surface area (Å²) in [4.78, 5) is 0. The zero-order valence-corrected chi connectivity index (χ0v) is 6.83. The van der Waals surface area contributed by atoms with E-state index < -0.39 is 0 Å². The summed E-state index contributed by atoms with van der Waals surface area (Å²) in [5.74, 6) is 0.864. The SMILES string of the molecule is CCOc1ccc2co[c]c2c1. The summed E-state index contributed by atoms with van der Waals surface area (Å²) < 4.78 is 10.2. The van der Waals surface area contributed by atoms with Gasteiger partial charge in [-0.05, 0) is 25.1 Å². The van der Waals surface area contributed by atoms with Crippen LogP contribution in [0, 0.1) is 6.26 Å². The fraction of sp³-hybridized carbons (Fsp3) is 0.200. The molecular formula is C10H9O2. The molecule has 2 heteroatoms. The molecule has 12 heavy (non-hydrogen) atoms. The van der Waals surface area contributed by atoms with Crippen LogP contribution >= 0.6 is 0 Å². The summed E-state index contributed by atoms with van der Waals surface area (Å²) in [6, 6.07) is 5.80. The molecule has 0 atom stereocenters. The third-order valence-corrected chi connectivity index (χ3v) is 1.69. The number of fused-ring (bicyclic) bond motifs is 1. The lowest BCUT2D eigenvalue weighted by Gasteiger charge is -2.00. The zero-order chi connectivity index (χ0) is 8.39. The van der Waals surface area contributed by atoms with Crippen molar-refractivity contribution >= 4 is 10.8 Å². The van der Waals surface area contributed by atoms with E-state index in [-0.39, 0.29) is 0 Å². The minimum absolute atomic E-state index is 0.684. The molecule has 0 saturated heterocycles. The largest absolute Gasteiger partial charge is 0.494 e. The van der Waals surface area contributed by atoms with E-state index in [1.54, 1.807) is 6.26 Å². The van der Waals surface area contributed by atoms with E-state index in [1.165, 1.54) is 0 Å². The fourth-order valence-electron chi connectivity index (χ4n) is 1.14. The van der Waals surface area contributed by atoms with Crippen molar-refractivity contribution in [2.45, 2.75) is 6.92 Å². The van der Waals surface area contributed by atoms with Crippen molar-refractivity contribution in [3.05, 3.63) is 30.7 Å². The van der Waals surface area contributed by atoms with Crippen LogP contribution in [0.15, 0.2) is 28.9 Å². The van der Waals surface area contributed by atoms with Crippen molar-refractivity contribution in [3.8, 4) is 5.75 Å². The molecule has 0 N–H and O–H groups in total. The highest BCUT2D eigenvalue weighted by Gasteiger charge is 1.98. The van der Waals surface area contributed by atoms with Crippen LogP contribution in [0.5, 0.6) is 5.75 Å². The van der Waals surface area contributed by atoms with E-state index in [2.05, 4.69) is 6.26 Å². The molecule has 0 unspecified atom stereocenters. The standard InChI is InChI=1S/C10H9O2/c1-2-12-10-4-3-8-6-11-7-9(8)5-10/h3-6H,2H2,1H3. The first-order valence-electron chi connectivity index (χ1n) is 3.92. The van der Waals surface area contributed by atoms with Crippen LogP contribution in [-0.4, -0.2) is 6.61 Å². The molecular weight excluding hydrogens is 152 g/mol. The Morgan fingerprint density at radius 3 is 3.25 bits per heavy atom. The highest BCUT2D eigenvalue weighted by molar-refractivity contribution is 5.81. The third kappa shape index (κ3) is 1.16. The minimum atomic E-state index is 0.684. The van der Waals surface area contributed by atoms with E-state index in [0.29, 0.717) is 6.61 Å². The van der Waals surface area contributed by atoms with Crippen LogP contribution < -0.4 is 4.74 Å². The van der Waals surface area contributed by atoms with Gasteiger partial charge in [0.2, 0.25) is 0 Å². The normalized spacial score (nSPS) is 10.4. The molecule has 1 aromatic carbocycles. The first kappa shape index (κ1) is 7.22. The lowest BCUT2D eigenvalue weighted by atomic mass is 10.2. The second-order valence-electron chi connectivity index (χ2n) is 2.52. The van der Waals surface area contributed by atoms with Crippen molar-refractivity contribution in [2.24, 2.45) is 0 Å². The zero-order valence-electron chi connectivity index (χ0n) is 6.83. The van der Waals surface area contributed by atoms with Crippen molar-refractivity contribution in [3.63, 3.8) is 0 Å². The quantitative estimate of drug-likeness (QED) is 0.675. The van der Waals surface area contributed by atoms with Gasteiger partial charge < -0.3 is 9.15 Å². The third-order valence-electron chi connectivity index (χ3n) is 1.69. The maximum atomic E-state index is 5.32. The minimum Gasteiger partial charge on any atom is -0.494 e. The van der Waals surface area contributed by atoms with Crippen molar-refractivity contribution < 1.29 is 9.15 Å². The Hall–Kier alpha value is -1.44. The molecule has 0 spiro atoms. The monoisotopic (exact) mass is 161 g/mol. The molecule has 1 heterocycles. The molecule has 0 amide bonds.